The first-order valence-corrected chi connectivity index (χ1v) is 6.10. The molecule has 0 saturated heterocycles. The van der Waals surface area contributed by atoms with E-state index in [0.717, 1.165) is 23.3 Å². The molecular formula is C11H16BrNS. The van der Waals surface area contributed by atoms with Gasteiger partial charge in [0.15, 0.2) is 0 Å². The standard InChI is InChI=1S/C11H16BrNS/c1-9-3-4-11(12)7-10(9)8-13(2)5-6-14/h3-4,7,14H,5-6,8H2,1-2H3. The van der Waals surface area contributed by atoms with Gasteiger partial charge in [-0.05, 0) is 37.2 Å². The summed E-state index contributed by atoms with van der Waals surface area (Å²) in [5.74, 6) is 0.906. The van der Waals surface area contributed by atoms with Gasteiger partial charge in [0, 0.05) is 23.3 Å². The van der Waals surface area contributed by atoms with Gasteiger partial charge in [0.2, 0.25) is 0 Å². The number of rotatable bonds is 4. The lowest BCUT2D eigenvalue weighted by Gasteiger charge is -2.16. The Hall–Kier alpha value is 0.01000. The molecule has 0 N–H and O–H groups in total. The molecule has 0 aliphatic rings. The van der Waals surface area contributed by atoms with Crippen LogP contribution in [0.5, 0.6) is 0 Å². The quantitative estimate of drug-likeness (QED) is 0.826. The van der Waals surface area contributed by atoms with E-state index in [4.69, 9.17) is 0 Å². The van der Waals surface area contributed by atoms with Crippen molar-refractivity contribution in [3.63, 3.8) is 0 Å². The largest absolute Gasteiger partial charge is 0.301 e. The molecule has 0 atom stereocenters. The molecule has 0 bridgehead atoms. The lowest BCUT2D eigenvalue weighted by atomic mass is 10.1. The fraction of sp³-hybridized carbons (Fsp3) is 0.455. The van der Waals surface area contributed by atoms with E-state index in [1.807, 2.05) is 0 Å². The molecule has 1 rings (SSSR count). The second-order valence-corrected chi connectivity index (χ2v) is 4.90. The first-order valence-electron chi connectivity index (χ1n) is 4.68. The van der Waals surface area contributed by atoms with Crippen LogP contribution < -0.4 is 0 Å². The molecule has 1 aromatic rings. The van der Waals surface area contributed by atoms with Crippen LogP contribution in [0.25, 0.3) is 0 Å². The summed E-state index contributed by atoms with van der Waals surface area (Å²) in [6, 6.07) is 6.41. The van der Waals surface area contributed by atoms with Crippen molar-refractivity contribution in [3.05, 3.63) is 33.8 Å². The predicted octanol–water partition coefficient (Wildman–Crippen LogP) is 3.12. The highest BCUT2D eigenvalue weighted by Crippen LogP contribution is 2.17. The molecule has 0 amide bonds. The zero-order chi connectivity index (χ0) is 10.6. The van der Waals surface area contributed by atoms with Gasteiger partial charge in [0.25, 0.3) is 0 Å². The van der Waals surface area contributed by atoms with Crippen molar-refractivity contribution in [1.82, 2.24) is 4.90 Å². The van der Waals surface area contributed by atoms with Gasteiger partial charge in [-0.3, -0.25) is 0 Å². The number of hydrogen-bond acceptors (Lipinski definition) is 2. The van der Waals surface area contributed by atoms with Gasteiger partial charge in [0.1, 0.15) is 0 Å². The summed E-state index contributed by atoms with van der Waals surface area (Å²) in [7, 11) is 2.12. The summed E-state index contributed by atoms with van der Waals surface area (Å²) < 4.78 is 1.15. The molecule has 1 nitrogen and oxygen atoms in total. The van der Waals surface area contributed by atoms with Crippen LogP contribution in [0.4, 0.5) is 0 Å². The Kier molecular flexibility index (Phi) is 4.99. The third kappa shape index (κ3) is 3.64. The molecule has 0 aromatic heterocycles. The summed E-state index contributed by atoms with van der Waals surface area (Å²) in [6.45, 7) is 4.16. The van der Waals surface area contributed by atoms with Gasteiger partial charge >= 0.3 is 0 Å². The summed E-state index contributed by atoms with van der Waals surface area (Å²) in [4.78, 5) is 2.28. The van der Waals surface area contributed by atoms with Crippen molar-refractivity contribution in [2.75, 3.05) is 19.3 Å². The fourth-order valence-electron chi connectivity index (χ4n) is 1.35. The van der Waals surface area contributed by atoms with Crippen LogP contribution in [-0.4, -0.2) is 24.2 Å². The topological polar surface area (TPSA) is 3.24 Å². The van der Waals surface area contributed by atoms with E-state index in [2.05, 4.69) is 65.6 Å². The molecule has 0 unspecified atom stereocenters. The van der Waals surface area contributed by atoms with Crippen LogP contribution in [0.15, 0.2) is 22.7 Å². The van der Waals surface area contributed by atoms with Crippen LogP contribution in [0.3, 0.4) is 0 Å². The zero-order valence-corrected chi connectivity index (χ0v) is 11.1. The lowest BCUT2D eigenvalue weighted by Crippen LogP contribution is -2.20. The van der Waals surface area contributed by atoms with Crippen LogP contribution in [0.1, 0.15) is 11.1 Å². The molecule has 0 fully saturated rings. The van der Waals surface area contributed by atoms with Gasteiger partial charge in [-0.15, -0.1) is 0 Å². The van der Waals surface area contributed by atoms with E-state index in [1.54, 1.807) is 0 Å². The maximum absolute atomic E-state index is 4.22. The second kappa shape index (κ2) is 5.79. The van der Waals surface area contributed by atoms with E-state index in [-0.39, 0.29) is 0 Å². The summed E-state index contributed by atoms with van der Waals surface area (Å²) in [5.41, 5.74) is 2.72. The molecule has 0 aliphatic heterocycles. The molecule has 0 radical (unpaired) electrons. The molecule has 1 aromatic carbocycles. The van der Waals surface area contributed by atoms with Gasteiger partial charge in [0.05, 0.1) is 0 Å². The number of halogens is 1. The van der Waals surface area contributed by atoms with Crippen molar-refractivity contribution in [1.29, 1.82) is 0 Å². The van der Waals surface area contributed by atoms with Gasteiger partial charge in [-0.25, -0.2) is 0 Å². The Balaban J connectivity index is 2.70. The monoisotopic (exact) mass is 273 g/mol. The predicted molar refractivity (Wildman–Crippen MR) is 69.1 cm³/mol. The first kappa shape index (κ1) is 12.1. The maximum Gasteiger partial charge on any atom is 0.0234 e. The van der Waals surface area contributed by atoms with Crippen molar-refractivity contribution in [3.8, 4) is 0 Å². The van der Waals surface area contributed by atoms with E-state index in [9.17, 15) is 0 Å². The molecule has 78 valence electrons. The Morgan fingerprint density at radius 2 is 2.14 bits per heavy atom. The maximum atomic E-state index is 4.22. The molecule has 0 spiro atoms. The van der Waals surface area contributed by atoms with Gasteiger partial charge in [-0.1, -0.05) is 22.0 Å². The normalized spacial score (nSPS) is 10.9. The van der Waals surface area contributed by atoms with Crippen LogP contribution >= 0.6 is 28.6 Å². The van der Waals surface area contributed by atoms with Crippen LogP contribution in [0.2, 0.25) is 0 Å². The molecule has 0 saturated carbocycles. The van der Waals surface area contributed by atoms with Crippen molar-refractivity contribution < 1.29 is 0 Å². The average molecular weight is 274 g/mol. The minimum Gasteiger partial charge on any atom is -0.301 e. The number of thiol groups is 1. The third-order valence-corrected chi connectivity index (χ3v) is 2.93. The van der Waals surface area contributed by atoms with Crippen molar-refractivity contribution in [2.24, 2.45) is 0 Å². The smallest absolute Gasteiger partial charge is 0.0234 e. The Bertz CT molecular complexity index is 301. The zero-order valence-electron chi connectivity index (χ0n) is 8.63. The van der Waals surface area contributed by atoms with Gasteiger partial charge in [-0.2, -0.15) is 12.6 Å². The van der Waals surface area contributed by atoms with Crippen LogP contribution in [-0.2, 0) is 6.54 Å². The minimum atomic E-state index is 0.906. The Morgan fingerprint density at radius 3 is 2.79 bits per heavy atom. The highest BCUT2D eigenvalue weighted by atomic mass is 79.9. The molecule has 14 heavy (non-hydrogen) atoms. The first-order chi connectivity index (χ1) is 6.63. The Labute approximate surface area is 100 Å². The van der Waals surface area contributed by atoms with E-state index in [0.29, 0.717) is 0 Å². The highest BCUT2D eigenvalue weighted by Gasteiger charge is 2.02. The molecular weight excluding hydrogens is 258 g/mol. The highest BCUT2D eigenvalue weighted by molar-refractivity contribution is 9.10. The van der Waals surface area contributed by atoms with E-state index in [1.165, 1.54) is 11.1 Å². The van der Waals surface area contributed by atoms with E-state index >= 15 is 0 Å². The Morgan fingerprint density at radius 1 is 1.43 bits per heavy atom. The number of hydrogen-bond donors (Lipinski definition) is 1. The fourth-order valence-corrected chi connectivity index (χ4v) is 2.10. The summed E-state index contributed by atoms with van der Waals surface area (Å²) in [6.07, 6.45) is 0. The van der Waals surface area contributed by atoms with E-state index < -0.39 is 0 Å². The third-order valence-electron chi connectivity index (χ3n) is 2.23. The van der Waals surface area contributed by atoms with Crippen LogP contribution in [0, 0.1) is 6.92 Å². The lowest BCUT2D eigenvalue weighted by molar-refractivity contribution is 0.348. The SMILES string of the molecule is Cc1ccc(Br)cc1CN(C)CCS. The summed E-state index contributed by atoms with van der Waals surface area (Å²) in [5, 5.41) is 0. The van der Waals surface area contributed by atoms with Crippen molar-refractivity contribution >= 4 is 28.6 Å². The number of aryl methyl sites for hydroxylation is 1. The molecule has 0 heterocycles. The average Bonchev–Trinajstić information content (AvgIpc) is 2.12. The molecule has 0 aliphatic carbocycles. The molecule has 3 heteroatoms. The second-order valence-electron chi connectivity index (χ2n) is 3.53. The summed E-state index contributed by atoms with van der Waals surface area (Å²) >= 11 is 7.71. The number of benzene rings is 1. The number of nitrogens with zero attached hydrogens (tertiary/aromatic N) is 1. The minimum absolute atomic E-state index is 0.906. The van der Waals surface area contributed by atoms with Crippen molar-refractivity contribution in [2.45, 2.75) is 13.5 Å². The van der Waals surface area contributed by atoms with Gasteiger partial charge < -0.3 is 4.90 Å².